The number of thioether (sulfide) groups is 1. The first-order valence-corrected chi connectivity index (χ1v) is 7.22. The second kappa shape index (κ2) is 7.04. The van der Waals surface area contributed by atoms with Crippen molar-refractivity contribution in [2.45, 2.75) is 36.7 Å². The van der Waals surface area contributed by atoms with Crippen LogP contribution < -0.4 is 0 Å². The molecule has 0 spiro atoms. The molecule has 0 saturated carbocycles. The molecule has 1 unspecified atom stereocenters. The topological polar surface area (TPSA) is 89.1 Å². The van der Waals surface area contributed by atoms with Crippen molar-refractivity contribution in [2.24, 2.45) is 0 Å². The molecule has 20 heavy (non-hydrogen) atoms. The third-order valence-corrected chi connectivity index (χ3v) is 3.76. The summed E-state index contributed by atoms with van der Waals surface area (Å²) in [5, 5.41) is 16.7. The van der Waals surface area contributed by atoms with Gasteiger partial charge in [0.1, 0.15) is 5.25 Å². The number of aromatic nitrogens is 3. The highest BCUT2D eigenvalue weighted by Crippen LogP contribution is 2.28. The standard InChI is InChI=1S/C13H15N3O3S/c1-2-3-4-10(12(17)18)20-13-16-15-11(19-13)9-5-7-14-8-6-9/h5-8,10H,2-4H2,1H3,(H,17,18). The Morgan fingerprint density at radius 3 is 2.80 bits per heavy atom. The van der Waals surface area contributed by atoms with E-state index in [9.17, 15) is 4.79 Å². The molecule has 1 N–H and O–H groups in total. The molecule has 0 saturated heterocycles. The quantitative estimate of drug-likeness (QED) is 0.785. The molecule has 2 aromatic heterocycles. The van der Waals surface area contributed by atoms with Crippen LogP contribution in [0.5, 0.6) is 0 Å². The highest BCUT2D eigenvalue weighted by Gasteiger charge is 2.21. The first-order chi connectivity index (χ1) is 9.70. The zero-order valence-corrected chi connectivity index (χ0v) is 11.8. The van der Waals surface area contributed by atoms with E-state index in [0.717, 1.165) is 30.2 Å². The number of aliphatic carboxylic acids is 1. The number of pyridine rings is 1. The van der Waals surface area contributed by atoms with Gasteiger partial charge in [0.25, 0.3) is 5.22 Å². The summed E-state index contributed by atoms with van der Waals surface area (Å²) in [5.41, 5.74) is 0.764. The number of rotatable bonds is 7. The Balaban J connectivity index is 2.06. The molecule has 1 atom stereocenters. The second-order valence-corrected chi connectivity index (χ2v) is 5.35. The molecular formula is C13H15N3O3S. The molecule has 0 aliphatic rings. The molecule has 106 valence electrons. The Morgan fingerprint density at radius 2 is 2.15 bits per heavy atom. The molecule has 0 amide bonds. The number of carboxylic acids is 1. The third kappa shape index (κ3) is 3.80. The van der Waals surface area contributed by atoms with E-state index >= 15 is 0 Å². The van der Waals surface area contributed by atoms with Gasteiger partial charge in [-0.2, -0.15) is 0 Å². The van der Waals surface area contributed by atoms with Crippen LogP contribution in [0.1, 0.15) is 26.2 Å². The summed E-state index contributed by atoms with van der Waals surface area (Å²) in [7, 11) is 0. The van der Waals surface area contributed by atoms with Crippen LogP contribution in [0.3, 0.4) is 0 Å². The highest BCUT2D eigenvalue weighted by molar-refractivity contribution is 8.00. The zero-order valence-electron chi connectivity index (χ0n) is 11.0. The number of hydrogen-bond acceptors (Lipinski definition) is 6. The minimum atomic E-state index is -0.855. The van der Waals surface area contributed by atoms with E-state index in [1.54, 1.807) is 24.5 Å². The van der Waals surface area contributed by atoms with Gasteiger partial charge < -0.3 is 9.52 Å². The fraction of sp³-hybridized carbons (Fsp3) is 0.385. The molecule has 2 aromatic rings. The van der Waals surface area contributed by atoms with Crippen LogP contribution in [0.2, 0.25) is 0 Å². The summed E-state index contributed by atoms with van der Waals surface area (Å²) < 4.78 is 5.48. The molecule has 0 radical (unpaired) electrons. The summed E-state index contributed by atoms with van der Waals surface area (Å²) >= 11 is 1.10. The van der Waals surface area contributed by atoms with Crippen LogP contribution in [0, 0.1) is 0 Å². The van der Waals surface area contributed by atoms with E-state index in [4.69, 9.17) is 9.52 Å². The lowest BCUT2D eigenvalue weighted by atomic mass is 10.2. The smallest absolute Gasteiger partial charge is 0.317 e. The predicted octanol–water partition coefficient (Wildman–Crippen LogP) is 2.87. The van der Waals surface area contributed by atoms with Crippen molar-refractivity contribution in [1.29, 1.82) is 0 Å². The molecule has 2 heterocycles. The zero-order chi connectivity index (χ0) is 14.4. The van der Waals surface area contributed by atoms with Crippen molar-refractivity contribution in [1.82, 2.24) is 15.2 Å². The lowest BCUT2D eigenvalue weighted by Crippen LogP contribution is -2.16. The SMILES string of the molecule is CCCCC(Sc1nnc(-c2ccncc2)o1)C(=O)O. The number of unbranched alkanes of at least 4 members (excludes halogenated alkanes) is 1. The van der Waals surface area contributed by atoms with Crippen LogP contribution in [-0.4, -0.2) is 31.5 Å². The Hall–Kier alpha value is -1.89. The third-order valence-electron chi connectivity index (χ3n) is 2.67. The number of nitrogens with zero attached hydrogens (tertiary/aromatic N) is 3. The molecule has 6 nitrogen and oxygen atoms in total. The molecular weight excluding hydrogens is 278 g/mol. The minimum Gasteiger partial charge on any atom is -0.480 e. The van der Waals surface area contributed by atoms with E-state index in [1.165, 1.54) is 0 Å². The van der Waals surface area contributed by atoms with E-state index in [-0.39, 0.29) is 5.22 Å². The molecule has 7 heteroatoms. The normalized spacial score (nSPS) is 12.2. The lowest BCUT2D eigenvalue weighted by molar-refractivity contribution is -0.136. The van der Waals surface area contributed by atoms with Crippen LogP contribution in [0.25, 0.3) is 11.5 Å². The molecule has 0 fully saturated rings. The van der Waals surface area contributed by atoms with E-state index in [0.29, 0.717) is 12.3 Å². The Morgan fingerprint density at radius 1 is 1.40 bits per heavy atom. The van der Waals surface area contributed by atoms with Gasteiger partial charge in [-0.15, -0.1) is 10.2 Å². The van der Waals surface area contributed by atoms with Gasteiger partial charge in [-0.1, -0.05) is 31.5 Å². The number of carboxylic acid groups (broad SMARTS) is 1. The maximum absolute atomic E-state index is 11.2. The second-order valence-electron chi connectivity index (χ2n) is 4.20. The lowest BCUT2D eigenvalue weighted by Gasteiger charge is -2.07. The van der Waals surface area contributed by atoms with Gasteiger partial charge in [0, 0.05) is 18.0 Å². The van der Waals surface area contributed by atoms with Crippen molar-refractivity contribution in [3.63, 3.8) is 0 Å². The average molecular weight is 293 g/mol. The van der Waals surface area contributed by atoms with Crippen LogP contribution in [0.15, 0.2) is 34.2 Å². The van der Waals surface area contributed by atoms with Gasteiger partial charge >= 0.3 is 5.97 Å². The fourth-order valence-corrected chi connectivity index (χ4v) is 2.46. The molecule has 2 rings (SSSR count). The minimum absolute atomic E-state index is 0.278. The van der Waals surface area contributed by atoms with Gasteiger partial charge in [0.15, 0.2) is 0 Å². The van der Waals surface area contributed by atoms with Crippen LogP contribution in [0.4, 0.5) is 0 Å². The van der Waals surface area contributed by atoms with Crippen molar-refractivity contribution in [3.05, 3.63) is 24.5 Å². The summed E-state index contributed by atoms with van der Waals surface area (Å²) in [6.07, 6.45) is 5.66. The molecule has 0 aliphatic heterocycles. The first kappa shape index (κ1) is 14.5. The van der Waals surface area contributed by atoms with Crippen LogP contribution in [-0.2, 0) is 4.79 Å². The van der Waals surface area contributed by atoms with Crippen molar-refractivity contribution in [3.8, 4) is 11.5 Å². The van der Waals surface area contributed by atoms with Crippen molar-refractivity contribution < 1.29 is 14.3 Å². The van der Waals surface area contributed by atoms with Crippen LogP contribution >= 0.6 is 11.8 Å². The largest absolute Gasteiger partial charge is 0.480 e. The average Bonchev–Trinajstić information content (AvgIpc) is 2.92. The Bertz CT molecular complexity index is 559. The van der Waals surface area contributed by atoms with E-state index in [2.05, 4.69) is 15.2 Å². The van der Waals surface area contributed by atoms with Gasteiger partial charge in [-0.05, 0) is 18.6 Å². The molecule has 0 aromatic carbocycles. The summed E-state index contributed by atoms with van der Waals surface area (Å²) in [4.78, 5) is 15.1. The van der Waals surface area contributed by atoms with E-state index in [1.807, 2.05) is 6.92 Å². The maximum atomic E-state index is 11.2. The fourth-order valence-electron chi connectivity index (χ4n) is 1.61. The van der Waals surface area contributed by atoms with Gasteiger partial charge in [0.2, 0.25) is 5.89 Å². The monoisotopic (exact) mass is 293 g/mol. The highest BCUT2D eigenvalue weighted by atomic mass is 32.2. The molecule has 0 bridgehead atoms. The summed E-state index contributed by atoms with van der Waals surface area (Å²) in [5.74, 6) is -0.485. The van der Waals surface area contributed by atoms with Gasteiger partial charge in [-0.3, -0.25) is 9.78 Å². The van der Waals surface area contributed by atoms with Gasteiger partial charge in [0.05, 0.1) is 0 Å². The van der Waals surface area contributed by atoms with Gasteiger partial charge in [-0.25, -0.2) is 0 Å². The predicted molar refractivity (Wildman–Crippen MR) is 74.3 cm³/mol. The maximum Gasteiger partial charge on any atom is 0.317 e. The molecule has 0 aliphatic carbocycles. The van der Waals surface area contributed by atoms with Crippen molar-refractivity contribution in [2.75, 3.05) is 0 Å². The number of carbonyl (C=O) groups is 1. The number of hydrogen-bond donors (Lipinski definition) is 1. The van der Waals surface area contributed by atoms with E-state index < -0.39 is 11.2 Å². The van der Waals surface area contributed by atoms with Crippen molar-refractivity contribution >= 4 is 17.7 Å². The summed E-state index contributed by atoms with van der Waals surface area (Å²) in [6, 6.07) is 3.52. The Labute approximate surface area is 120 Å². The first-order valence-electron chi connectivity index (χ1n) is 6.34. The Kier molecular flexibility index (Phi) is 5.11. The summed E-state index contributed by atoms with van der Waals surface area (Å²) in [6.45, 7) is 2.03.